The van der Waals surface area contributed by atoms with Gasteiger partial charge >= 0.3 is 0 Å². The summed E-state index contributed by atoms with van der Waals surface area (Å²) < 4.78 is 0. The Kier molecular flexibility index (Phi) is 3.97. The van der Waals surface area contributed by atoms with Crippen molar-refractivity contribution in [3.63, 3.8) is 0 Å². The van der Waals surface area contributed by atoms with E-state index in [0.29, 0.717) is 23.9 Å². The van der Waals surface area contributed by atoms with Crippen LogP contribution in [0.5, 0.6) is 0 Å². The largest absolute Gasteiger partial charge is 0.389 e. The Bertz CT molecular complexity index is 473. The van der Waals surface area contributed by atoms with Gasteiger partial charge in [0.1, 0.15) is 4.99 Å². The predicted octanol–water partition coefficient (Wildman–Crippen LogP) is 2.08. The van der Waals surface area contributed by atoms with Crippen LogP contribution in [0.2, 0.25) is 0 Å². The zero-order valence-electron chi connectivity index (χ0n) is 10.6. The van der Waals surface area contributed by atoms with Gasteiger partial charge in [-0.1, -0.05) is 43.8 Å². The number of thiocarbonyl (C=S) groups is 1. The smallest absolute Gasteiger partial charge is 0.223 e. The van der Waals surface area contributed by atoms with Gasteiger partial charge < -0.3 is 10.6 Å². The van der Waals surface area contributed by atoms with Crippen LogP contribution >= 0.6 is 12.2 Å². The lowest BCUT2D eigenvalue weighted by atomic mass is 10.1. The summed E-state index contributed by atoms with van der Waals surface area (Å²) in [5, 5.41) is 0. The first kappa shape index (κ1) is 13.0. The van der Waals surface area contributed by atoms with Gasteiger partial charge in [0.25, 0.3) is 0 Å². The van der Waals surface area contributed by atoms with Crippen LogP contribution in [-0.4, -0.2) is 22.3 Å². The molecule has 1 saturated heterocycles. The highest BCUT2D eigenvalue weighted by atomic mass is 32.1. The molecule has 0 aliphatic carbocycles. The third kappa shape index (κ3) is 2.88. The maximum atomic E-state index is 11.8. The normalized spacial score (nSPS) is 19.3. The predicted molar refractivity (Wildman–Crippen MR) is 76.1 cm³/mol. The number of amides is 1. The van der Waals surface area contributed by atoms with Crippen molar-refractivity contribution < 1.29 is 4.79 Å². The van der Waals surface area contributed by atoms with E-state index in [0.717, 1.165) is 24.1 Å². The topological polar surface area (TPSA) is 46.3 Å². The Morgan fingerprint density at radius 2 is 2.33 bits per heavy atom. The van der Waals surface area contributed by atoms with E-state index >= 15 is 0 Å². The number of carbonyl (C=O) groups excluding carboxylic acids is 1. The lowest BCUT2D eigenvalue weighted by molar-refractivity contribution is -0.128. The third-order valence-corrected chi connectivity index (χ3v) is 3.69. The monoisotopic (exact) mass is 262 g/mol. The van der Waals surface area contributed by atoms with Gasteiger partial charge in [0.2, 0.25) is 5.91 Å². The van der Waals surface area contributed by atoms with E-state index in [1.54, 1.807) is 0 Å². The molecular formula is C14H18N2OS. The van der Waals surface area contributed by atoms with E-state index in [2.05, 4.69) is 6.92 Å². The van der Waals surface area contributed by atoms with Gasteiger partial charge in [-0.15, -0.1) is 0 Å². The Balaban J connectivity index is 2.08. The molecule has 2 N–H and O–H groups in total. The van der Waals surface area contributed by atoms with E-state index in [9.17, 15) is 4.79 Å². The zero-order chi connectivity index (χ0) is 13.1. The van der Waals surface area contributed by atoms with Crippen LogP contribution in [0, 0.1) is 5.92 Å². The molecule has 1 aromatic carbocycles. The number of hydrogen-bond acceptors (Lipinski definition) is 2. The Labute approximate surface area is 113 Å². The maximum Gasteiger partial charge on any atom is 0.223 e. The number of hydrogen-bond donors (Lipinski definition) is 1. The SMILES string of the molecule is CCC1CC(=O)N(Cc2cccc(C(N)=S)c2)C1. The van der Waals surface area contributed by atoms with Crippen LogP contribution < -0.4 is 5.73 Å². The summed E-state index contributed by atoms with van der Waals surface area (Å²) in [6.45, 7) is 3.66. The van der Waals surface area contributed by atoms with E-state index in [1.165, 1.54) is 0 Å². The van der Waals surface area contributed by atoms with Crippen molar-refractivity contribution >= 4 is 23.1 Å². The van der Waals surface area contributed by atoms with Gasteiger partial charge in [-0.25, -0.2) is 0 Å². The molecular weight excluding hydrogens is 244 g/mol. The van der Waals surface area contributed by atoms with Crippen molar-refractivity contribution in [2.45, 2.75) is 26.3 Å². The summed E-state index contributed by atoms with van der Waals surface area (Å²) in [6, 6.07) is 7.80. The fraction of sp³-hybridized carbons (Fsp3) is 0.429. The summed E-state index contributed by atoms with van der Waals surface area (Å²) >= 11 is 4.96. The third-order valence-electron chi connectivity index (χ3n) is 3.46. The minimum atomic E-state index is 0.252. The highest BCUT2D eigenvalue weighted by molar-refractivity contribution is 7.80. The summed E-state index contributed by atoms with van der Waals surface area (Å²) in [6.07, 6.45) is 1.75. The number of likely N-dealkylation sites (tertiary alicyclic amines) is 1. The molecule has 0 aromatic heterocycles. The molecule has 2 rings (SSSR count). The van der Waals surface area contributed by atoms with Crippen LogP contribution in [0.15, 0.2) is 24.3 Å². The summed E-state index contributed by atoms with van der Waals surface area (Å²) in [4.78, 5) is 14.2. The van der Waals surface area contributed by atoms with Gasteiger partial charge in [0, 0.05) is 25.1 Å². The molecule has 0 saturated carbocycles. The van der Waals surface area contributed by atoms with E-state index in [-0.39, 0.29) is 5.91 Å². The fourth-order valence-corrected chi connectivity index (χ4v) is 2.45. The first-order valence-corrected chi connectivity index (χ1v) is 6.67. The van der Waals surface area contributed by atoms with Gasteiger partial charge in [0.15, 0.2) is 0 Å². The molecule has 96 valence electrons. The number of benzene rings is 1. The lowest BCUT2D eigenvalue weighted by Crippen LogP contribution is -2.24. The van der Waals surface area contributed by atoms with Crippen molar-refractivity contribution in [2.75, 3.05) is 6.54 Å². The average molecular weight is 262 g/mol. The highest BCUT2D eigenvalue weighted by Crippen LogP contribution is 2.22. The van der Waals surface area contributed by atoms with Gasteiger partial charge in [-0.3, -0.25) is 4.79 Å². The standard InChI is InChI=1S/C14H18N2OS/c1-2-10-7-13(17)16(8-10)9-11-4-3-5-12(6-11)14(15)18/h3-6,10H,2,7-9H2,1H3,(H2,15,18). The van der Waals surface area contributed by atoms with Crippen LogP contribution in [0.3, 0.4) is 0 Å². The van der Waals surface area contributed by atoms with Gasteiger partial charge in [-0.2, -0.15) is 0 Å². The fourth-order valence-electron chi connectivity index (χ4n) is 2.32. The average Bonchev–Trinajstić information content (AvgIpc) is 2.70. The molecule has 1 aliphatic rings. The molecule has 1 heterocycles. The van der Waals surface area contributed by atoms with Crippen molar-refractivity contribution in [2.24, 2.45) is 11.7 Å². The van der Waals surface area contributed by atoms with E-state index in [4.69, 9.17) is 18.0 Å². The molecule has 1 aromatic rings. The minimum absolute atomic E-state index is 0.252. The Hall–Kier alpha value is -1.42. The maximum absolute atomic E-state index is 11.8. The first-order chi connectivity index (χ1) is 8.60. The molecule has 3 nitrogen and oxygen atoms in total. The van der Waals surface area contributed by atoms with Crippen molar-refractivity contribution in [1.29, 1.82) is 0 Å². The van der Waals surface area contributed by atoms with E-state index < -0.39 is 0 Å². The van der Waals surface area contributed by atoms with Gasteiger partial charge in [-0.05, 0) is 17.5 Å². The lowest BCUT2D eigenvalue weighted by Gasteiger charge is -2.17. The van der Waals surface area contributed by atoms with Crippen molar-refractivity contribution in [1.82, 2.24) is 4.90 Å². The summed E-state index contributed by atoms with van der Waals surface area (Å²) in [7, 11) is 0. The number of rotatable bonds is 4. The molecule has 0 bridgehead atoms. The second-order valence-corrected chi connectivity index (χ2v) is 5.26. The summed E-state index contributed by atoms with van der Waals surface area (Å²) in [5.74, 6) is 0.763. The first-order valence-electron chi connectivity index (χ1n) is 6.26. The minimum Gasteiger partial charge on any atom is -0.389 e. The second-order valence-electron chi connectivity index (χ2n) is 4.82. The molecule has 1 atom stereocenters. The molecule has 1 unspecified atom stereocenters. The van der Waals surface area contributed by atoms with Crippen molar-refractivity contribution in [3.05, 3.63) is 35.4 Å². The highest BCUT2D eigenvalue weighted by Gasteiger charge is 2.27. The molecule has 1 fully saturated rings. The van der Waals surface area contributed by atoms with Crippen molar-refractivity contribution in [3.8, 4) is 0 Å². The zero-order valence-corrected chi connectivity index (χ0v) is 11.4. The number of carbonyl (C=O) groups is 1. The molecule has 0 spiro atoms. The van der Waals surface area contributed by atoms with Gasteiger partial charge in [0.05, 0.1) is 0 Å². The van der Waals surface area contributed by atoms with Crippen LogP contribution in [0.25, 0.3) is 0 Å². The van der Waals surface area contributed by atoms with Crippen LogP contribution in [0.1, 0.15) is 30.9 Å². The molecule has 1 amide bonds. The molecule has 1 aliphatic heterocycles. The Morgan fingerprint density at radius 3 is 2.94 bits per heavy atom. The quantitative estimate of drug-likeness (QED) is 0.845. The number of nitrogens with zero attached hydrogens (tertiary/aromatic N) is 1. The molecule has 4 heteroatoms. The van der Waals surface area contributed by atoms with E-state index in [1.807, 2.05) is 29.2 Å². The van der Waals surface area contributed by atoms with Crippen LogP contribution in [-0.2, 0) is 11.3 Å². The Morgan fingerprint density at radius 1 is 1.56 bits per heavy atom. The van der Waals surface area contributed by atoms with Crippen LogP contribution in [0.4, 0.5) is 0 Å². The summed E-state index contributed by atoms with van der Waals surface area (Å²) in [5.41, 5.74) is 7.56. The number of nitrogens with two attached hydrogens (primary N) is 1. The molecule has 0 radical (unpaired) electrons. The second kappa shape index (κ2) is 5.48. The molecule has 18 heavy (non-hydrogen) atoms.